The minimum absolute atomic E-state index is 0.123. The second kappa shape index (κ2) is 1.25. The van der Waals surface area contributed by atoms with Crippen molar-refractivity contribution in [1.82, 2.24) is 0 Å². The summed E-state index contributed by atoms with van der Waals surface area (Å²) in [5, 5.41) is 0. The van der Waals surface area contributed by atoms with E-state index in [1.54, 1.807) is 0 Å². The van der Waals surface area contributed by atoms with Gasteiger partial charge >= 0.3 is 0 Å². The first-order valence-corrected chi connectivity index (χ1v) is 3.07. The van der Waals surface area contributed by atoms with Crippen molar-refractivity contribution in [3.63, 3.8) is 0 Å². The molecule has 2 aliphatic rings. The van der Waals surface area contributed by atoms with Gasteiger partial charge in [0.05, 0.1) is 12.7 Å². The van der Waals surface area contributed by atoms with Gasteiger partial charge in [-0.1, -0.05) is 0 Å². The van der Waals surface area contributed by atoms with Crippen molar-refractivity contribution < 1.29 is 9.47 Å². The van der Waals surface area contributed by atoms with E-state index in [1.807, 2.05) is 0 Å². The molecule has 2 nitrogen and oxygen atoms in total. The predicted molar refractivity (Wildman–Crippen MR) is 28.7 cm³/mol. The summed E-state index contributed by atoms with van der Waals surface area (Å²) < 4.78 is 10.5. The highest BCUT2D eigenvalue weighted by molar-refractivity contribution is 5.00. The fourth-order valence-corrected chi connectivity index (χ4v) is 1.25. The third kappa shape index (κ3) is 0.501. The Balaban J connectivity index is 2.04. The number of hydrogen-bond donors (Lipinski definition) is 0. The topological polar surface area (TPSA) is 21.8 Å². The second-order valence-corrected chi connectivity index (χ2v) is 2.76. The van der Waals surface area contributed by atoms with Gasteiger partial charge in [-0.05, 0) is 13.3 Å². The molecule has 0 amide bonds. The van der Waals surface area contributed by atoms with Crippen LogP contribution in [0.15, 0.2) is 0 Å². The maximum Gasteiger partial charge on any atom is 0.115 e. The number of epoxide rings is 1. The van der Waals surface area contributed by atoms with Gasteiger partial charge in [0.25, 0.3) is 0 Å². The molecule has 8 heavy (non-hydrogen) atoms. The van der Waals surface area contributed by atoms with Crippen molar-refractivity contribution in [2.75, 3.05) is 13.2 Å². The van der Waals surface area contributed by atoms with Gasteiger partial charge in [-0.3, -0.25) is 0 Å². The average molecular weight is 114 g/mol. The molecule has 2 rings (SSSR count). The molecular weight excluding hydrogens is 104 g/mol. The predicted octanol–water partition coefficient (Wildman–Crippen LogP) is 0.564. The zero-order valence-electron chi connectivity index (χ0n) is 5.02. The Morgan fingerprint density at radius 1 is 1.62 bits per heavy atom. The Kier molecular flexibility index (Phi) is 0.746. The Morgan fingerprint density at radius 3 is 3.00 bits per heavy atom. The Hall–Kier alpha value is -0.0800. The van der Waals surface area contributed by atoms with Gasteiger partial charge in [0.2, 0.25) is 0 Å². The van der Waals surface area contributed by atoms with Crippen LogP contribution in [0.5, 0.6) is 0 Å². The van der Waals surface area contributed by atoms with Crippen LogP contribution in [0.3, 0.4) is 0 Å². The molecule has 0 saturated carbocycles. The van der Waals surface area contributed by atoms with Crippen molar-refractivity contribution in [3.05, 3.63) is 0 Å². The Bertz CT molecular complexity index is 111. The van der Waals surface area contributed by atoms with E-state index < -0.39 is 0 Å². The zero-order chi connectivity index (χ0) is 5.61. The fraction of sp³-hybridized carbons (Fsp3) is 1.00. The van der Waals surface area contributed by atoms with Crippen LogP contribution in [0.2, 0.25) is 0 Å². The molecule has 2 fully saturated rings. The first kappa shape index (κ1) is 4.77. The van der Waals surface area contributed by atoms with Crippen LogP contribution < -0.4 is 0 Å². The Labute approximate surface area is 48.8 Å². The number of rotatable bonds is 0. The monoisotopic (exact) mass is 114 g/mol. The first-order valence-electron chi connectivity index (χ1n) is 3.07. The first-order chi connectivity index (χ1) is 3.81. The lowest BCUT2D eigenvalue weighted by Gasteiger charge is -2.11. The van der Waals surface area contributed by atoms with E-state index in [0.717, 1.165) is 19.6 Å². The molecule has 0 aromatic carbocycles. The maximum absolute atomic E-state index is 5.34. The summed E-state index contributed by atoms with van der Waals surface area (Å²) in [4.78, 5) is 0. The van der Waals surface area contributed by atoms with Gasteiger partial charge in [-0.15, -0.1) is 0 Å². The van der Waals surface area contributed by atoms with E-state index in [0.29, 0.717) is 6.10 Å². The zero-order valence-corrected chi connectivity index (χ0v) is 5.02. The number of ether oxygens (including phenoxy) is 2. The molecule has 0 aromatic heterocycles. The van der Waals surface area contributed by atoms with E-state index in [4.69, 9.17) is 9.47 Å². The van der Waals surface area contributed by atoms with Crippen LogP contribution >= 0.6 is 0 Å². The van der Waals surface area contributed by atoms with Crippen LogP contribution in [-0.2, 0) is 9.47 Å². The molecule has 0 bridgehead atoms. The molecule has 0 aromatic rings. The summed E-state index contributed by atoms with van der Waals surface area (Å²) >= 11 is 0. The molecule has 0 unspecified atom stereocenters. The highest BCUT2D eigenvalue weighted by Crippen LogP contribution is 2.41. The molecule has 2 atom stereocenters. The summed E-state index contributed by atoms with van der Waals surface area (Å²) in [5.41, 5.74) is 0.123. The van der Waals surface area contributed by atoms with Crippen LogP contribution in [0.1, 0.15) is 13.3 Å². The lowest BCUT2D eigenvalue weighted by Crippen LogP contribution is -2.24. The summed E-state index contributed by atoms with van der Waals surface area (Å²) in [5.74, 6) is 0. The third-order valence-electron chi connectivity index (χ3n) is 1.95. The fourth-order valence-electron chi connectivity index (χ4n) is 1.25. The van der Waals surface area contributed by atoms with Crippen molar-refractivity contribution in [2.45, 2.75) is 25.0 Å². The quantitative estimate of drug-likeness (QED) is 0.429. The van der Waals surface area contributed by atoms with Gasteiger partial charge in [-0.2, -0.15) is 0 Å². The van der Waals surface area contributed by atoms with Crippen molar-refractivity contribution in [2.24, 2.45) is 0 Å². The van der Waals surface area contributed by atoms with Crippen molar-refractivity contribution in [1.29, 1.82) is 0 Å². The van der Waals surface area contributed by atoms with Gasteiger partial charge < -0.3 is 9.47 Å². The normalized spacial score (nSPS) is 52.9. The molecule has 46 valence electrons. The van der Waals surface area contributed by atoms with E-state index in [2.05, 4.69) is 6.92 Å². The van der Waals surface area contributed by atoms with E-state index in [1.165, 1.54) is 0 Å². The highest BCUT2D eigenvalue weighted by Gasteiger charge is 2.53. The van der Waals surface area contributed by atoms with Crippen LogP contribution in [0.25, 0.3) is 0 Å². The lowest BCUT2D eigenvalue weighted by molar-refractivity contribution is 0.0798. The maximum atomic E-state index is 5.34. The molecule has 0 radical (unpaired) electrons. The van der Waals surface area contributed by atoms with Gasteiger partial charge in [-0.25, -0.2) is 0 Å². The third-order valence-corrected chi connectivity index (χ3v) is 1.95. The average Bonchev–Trinajstić information content (AvgIpc) is 2.39. The summed E-state index contributed by atoms with van der Waals surface area (Å²) in [6, 6.07) is 0. The summed E-state index contributed by atoms with van der Waals surface area (Å²) in [6.45, 7) is 3.80. The smallest absolute Gasteiger partial charge is 0.115 e. The van der Waals surface area contributed by atoms with Crippen LogP contribution in [0.4, 0.5) is 0 Å². The van der Waals surface area contributed by atoms with E-state index in [-0.39, 0.29) is 5.60 Å². The minimum Gasteiger partial charge on any atom is -0.378 e. The molecule has 2 heteroatoms. The van der Waals surface area contributed by atoms with Crippen molar-refractivity contribution >= 4 is 0 Å². The molecule has 0 aliphatic carbocycles. The van der Waals surface area contributed by atoms with E-state index >= 15 is 0 Å². The van der Waals surface area contributed by atoms with Crippen molar-refractivity contribution in [3.8, 4) is 0 Å². The molecule has 0 spiro atoms. The SMILES string of the molecule is C[C@@]12COCC[C@H]1O2. The van der Waals surface area contributed by atoms with Crippen LogP contribution in [-0.4, -0.2) is 24.9 Å². The molecule has 2 saturated heterocycles. The van der Waals surface area contributed by atoms with E-state index in [9.17, 15) is 0 Å². The highest BCUT2D eigenvalue weighted by atomic mass is 16.6. The summed E-state index contributed by atoms with van der Waals surface area (Å²) in [7, 11) is 0. The Morgan fingerprint density at radius 2 is 2.50 bits per heavy atom. The van der Waals surface area contributed by atoms with Gasteiger partial charge in [0, 0.05) is 6.61 Å². The molecule has 2 aliphatic heterocycles. The largest absolute Gasteiger partial charge is 0.378 e. The molecule has 2 heterocycles. The van der Waals surface area contributed by atoms with Gasteiger partial charge in [0.15, 0.2) is 0 Å². The summed E-state index contributed by atoms with van der Waals surface area (Å²) in [6.07, 6.45) is 1.62. The second-order valence-electron chi connectivity index (χ2n) is 2.76. The standard InChI is InChI=1S/C6H10O2/c1-6-4-7-3-2-5(6)8-6/h5H,2-4H2,1H3/t5-,6-/m1/s1. The molecule has 0 N–H and O–H groups in total. The lowest BCUT2D eigenvalue weighted by atomic mass is 10.1. The number of fused-ring (bicyclic) bond motifs is 1. The van der Waals surface area contributed by atoms with Crippen LogP contribution in [0, 0.1) is 0 Å². The van der Waals surface area contributed by atoms with Gasteiger partial charge in [0.1, 0.15) is 5.60 Å². The molecular formula is C6H10O2. The number of hydrogen-bond acceptors (Lipinski definition) is 2. The minimum atomic E-state index is 0.123.